The van der Waals surface area contributed by atoms with Gasteiger partial charge in [-0.05, 0) is 50.8 Å². The summed E-state index contributed by atoms with van der Waals surface area (Å²) in [5, 5.41) is 1.20. The standard InChI is InChI=1S/C28H34N2O3/c1-4-29-19-25(23-10-6-7-11-26(23)29)24(21-14-12-20(3)13-15-21)17-27(31)30-16-8-9-22(18-30)28(32)33-5-2/h6-7,10-15,19,22,24H,4-5,8-9,16-18H2,1-3H3. The van der Waals surface area contributed by atoms with E-state index in [1.54, 1.807) is 0 Å². The van der Waals surface area contributed by atoms with Gasteiger partial charge in [0.1, 0.15) is 0 Å². The minimum Gasteiger partial charge on any atom is -0.466 e. The van der Waals surface area contributed by atoms with Crippen molar-refractivity contribution >= 4 is 22.8 Å². The lowest BCUT2D eigenvalue weighted by Gasteiger charge is -2.32. The second-order valence-corrected chi connectivity index (χ2v) is 8.99. The van der Waals surface area contributed by atoms with Crippen molar-refractivity contribution < 1.29 is 14.3 Å². The first kappa shape index (κ1) is 23.1. The van der Waals surface area contributed by atoms with Crippen molar-refractivity contribution in [3.63, 3.8) is 0 Å². The van der Waals surface area contributed by atoms with E-state index in [9.17, 15) is 9.59 Å². The molecular formula is C28H34N2O3. The SMILES string of the molecule is CCOC(=O)C1CCCN(C(=O)CC(c2ccc(C)cc2)c2cn(CC)c3ccccc23)C1. The highest BCUT2D eigenvalue weighted by Gasteiger charge is 2.31. The van der Waals surface area contributed by atoms with Gasteiger partial charge < -0.3 is 14.2 Å². The minimum absolute atomic E-state index is 0.0428. The number of amides is 1. The summed E-state index contributed by atoms with van der Waals surface area (Å²) >= 11 is 0. The molecule has 0 aliphatic carbocycles. The first-order valence-corrected chi connectivity index (χ1v) is 12.1. The van der Waals surface area contributed by atoms with Gasteiger partial charge in [0, 0.05) is 49.1 Å². The summed E-state index contributed by atoms with van der Waals surface area (Å²) in [6.45, 7) is 8.45. The molecule has 2 atom stereocenters. The van der Waals surface area contributed by atoms with Crippen LogP contribution in [0, 0.1) is 12.8 Å². The van der Waals surface area contributed by atoms with Crippen LogP contribution in [0.1, 0.15) is 55.7 Å². The molecule has 3 aromatic rings. The lowest BCUT2D eigenvalue weighted by molar-refractivity contribution is -0.151. The lowest BCUT2D eigenvalue weighted by atomic mass is 9.87. The molecule has 1 aromatic heterocycles. The maximum Gasteiger partial charge on any atom is 0.310 e. The van der Waals surface area contributed by atoms with Crippen LogP contribution in [-0.4, -0.2) is 41.0 Å². The van der Waals surface area contributed by atoms with E-state index in [0.717, 1.165) is 24.9 Å². The van der Waals surface area contributed by atoms with Crippen molar-refractivity contribution in [2.75, 3.05) is 19.7 Å². The van der Waals surface area contributed by atoms with Gasteiger partial charge >= 0.3 is 5.97 Å². The van der Waals surface area contributed by atoms with Crippen molar-refractivity contribution in [2.45, 2.75) is 52.5 Å². The number of aryl methyl sites for hydroxylation is 2. The quantitative estimate of drug-likeness (QED) is 0.463. The molecule has 0 spiro atoms. The number of para-hydroxylation sites is 1. The number of nitrogens with zero attached hydrogens (tertiary/aromatic N) is 2. The van der Waals surface area contributed by atoms with Crippen molar-refractivity contribution in [1.82, 2.24) is 9.47 Å². The van der Waals surface area contributed by atoms with Crippen LogP contribution in [0.3, 0.4) is 0 Å². The van der Waals surface area contributed by atoms with Crippen LogP contribution in [-0.2, 0) is 20.9 Å². The molecule has 1 amide bonds. The molecule has 1 aliphatic heterocycles. The van der Waals surface area contributed by atoms with E-state index in [2.05, 4.69) is 73.1 Å². The fraction of sp³-hybridized carbons (Fsp3) is 0.429. The van der Waals surface area contributed by atoms with E-state index in [-0.39, 0.29) is 23.7 Å². The van der Waals surface area contributed by atoms with Gasteiger partial charge in [0.2, 0.25) is 5.91 Å². The van der Waals surface area contributed by atoms with Gasteiger partial charge in [-0.1, -0.05) is 48.0 Å². The molecule has 2 unspecified atom stereocenters. The third-order valence-corrected chi connectivity index (χ3v) is 6.79. The number of ether oxygens (including phenoxy) is 1. The summed E-state index contributed by atoms with van der Waals surface area (Å²) in [4.78, 5) is 27.7. The number of aromatic nitrogens is 1. The number of rotatable bonds is 7. The first-order valence-electron chi connectivity index (χ1n) is 12.1. The lowest BCUT2D eigenvalue weighted by Crippen LogP contribution is -2.43. The van der Waals surface area contributed by atoms with Crippen LogP contribution in [0.5, 0.6) is 0 Å². The van der Waals surface area contributed by atoms with Crippen molar-refractivity contribution in [1.29, 1.82) is 0 Å². The van der Waals surface area contributed by atoms with Crippen LogP contribution in [0.2, 0.25) is 0 Å². The Kier molecular flexibility index (Phi) is 7.17. The van der Waals surface area contributed by atoms with Gasteiger partial charge in [0.25, 0.3) is 0 Å². The summed E-state index contributed by atoms with van der Waals surface area (Å²) in [6, 6.07) is 16.9. The van der Waals surface area contributed by atoms with Gasteiger partial charge in [-0.15, -0.1) is 0 Å². The Morgan fingerprint density at radius 1 is 1.09 bits per heavy atom. The van der Waals surface area contributed by atoms with E-state index in [4.69, 9.17) is 4.74 Å². The zero-order chi connectivity index (χ0) is 23.4. The minimum atomic E-state index is -0.220. The number of hydrogen-bond acceptors (Lipinski definition) is 3. The van der Waals surface area contributed by atoms with E-state index in [1.165, 1.54) is 22.0 Å². The number of likely N-dealkylation sites (tertiary alicyclic amines) is 1. The molecule has 1 aliphatic rings. The molecule has 0 N–H and O–H groups in total. The molecule has 2 heterocycles. The average molecular weight is 447 g/mol. The molecule has 33 heavy (non-hydrogen) atoms. The van der Waals surface area contributed by atoms with Crippen molar-refractivity contribution in [3.8, 4) is 0 Å². The second kappa shape index (κ2) is 10.2. The molecule has 5 nitrogen and oxygen atoms in total. The molecule has 1 fully saturated rings. The topological polar surface area (TPSA) is 51.5 Å². The highest BCUT2D eigenvalue weighted by atomic mass is 16.5. The molecule has 5 heteroatoms. The molecule has 2 aromatic carbocycles. The average Bonchev–Trinajstić information content (AvgIpc) is 3.22. The number of piperidine rings is 1. The molecule has 0 bridgehead atoms. The van der Waals surface area contributed by atoms with Gasteiger partial charge in [0.15, 0.2) is 0 Å². The maximum absolute atomic E-state index is 13.5. The molecule has 1 saturated heterocycles. The number of esters is 1. The normalized spacial score (nSPS) is 17.2. The number of benzene rings is 2. The largest absolute Gasteiger partial charge is 0.466 e. The highest BCUT2D eigenvalue weighted by Crippen LogP contribution is 2.36. The predicted molar refractivity (Wildman–Crippen MR) is 131 cm³/mol. The molecule has 174 valence electrons. The number of fused-ring (bicyclic) bond motifs is 1. The zero-order valence-electron chi connectivity index (χ0n) is 19.9. The van der Waals surface area contributed by atoms with Crippen LogP contribution in [0.25, 0.3) is 10.9 Å². The summed E-state index contributed by atoms with van der Waals surface area (Å²) < 4.78 is 7.48. The van der Waals surface area contributed by atoms with Gasteiger partial charge in [-0.25, -0.2) is 0 Å². The predicted octanol–water partition coefficient (Wildman–Crippen LogP) is 5.29. The van der Waals surface area contributed by atoms with Crippen LogP contribution in [0.15, 0.2) is 54.7 Å². The second-order valence-electron chi connectivity index (χ2n) is 8.99. The van der Waals surface area contributed by atoms with Crippen molar-refractivity contribution in [2.24, 2.45) is 5.92 Å². The van der Waals surface area contributed by atoms with Gasteiger partial charge in [0.05, 0.1) is 12.5 Å². The van der Waals surface area contributed by atoms with Crippen LogP contribution in [0.4, 0.5) is 0 Å². The maximum atomic E-state index is 13.5. The molecule has 0 radical (unpaired) electrons. The Morgan fingerprint density at radius 2 is 1.85 bits per heavy atom. The van der Waals surface area contributed by atoms with Gasteiger partial charge in [-0.2, -0.15) is 0 Å². The number of carbonyl (C=O) groups excluding carboxylic acids is 2. The Hall–Kier alpha value is -3.08. The van der Waals surface area contributed by atoms with E-state index < -0.39 is 0 Å². The van der Waals surface area contributed by atoms with Crippen LogP contribution < -0.4 is 0 Å². The molecule has 0 saturated carbocycles. The monoisotopic (exact) mass is 446 g/mol. The summed E-state index contributed by atoms with van der Waals surface area (Å²) in [7, 11) is 0. The third kappa shape index (κ3) is 4.97. The zero-order valence-corrected chi connectivity index (χ0v) is 19.9. The fourth-order valence-corrected chi connectivity index (χ4v) is 4.98. The number of carbonyl (C=O) groups is 2. The third-order valence-electron chi connectivity index (χ3n) is 6.79. The van der Waals surface area contributed by atoms with E-state index in [1.807, 2.05) is 11.8 Å². The van der Waals surface area contributed by atoms with E-state index >= 15 is 0 Å². The Bertz CT molecular complexity index is 1120. The Morgan fingerprint density at radius 3 is 2.58 bits per heavy atom. The molecular weight excluding hydrogens is 412 g/mol. The van der Waals surface area contributed by atoms with E-state index in [0.29, 0.717) is 26.1 Å². The first-order chi connectivity index (χ1) is 16.0. The number of hydrogen-bond donors (Lipinski definition) is 0. The summed E-state index contributed by atoms with van der Waals surface area (Å²) in [5.41, 5.74) is 4.73. The van der Waals surface area contributed by atoms with Crippen LogP contribution >= 0.6 is 0 Å². The highest BCUT2D eigenvalue weighted by molar-refractivity contribution is 5.87. The van der Waals surface area contributed by atoms with Gasteiger partial charge in [-0.3, -0.25) is 9.59 Å². The Balaban J connectivity index is 1.65. The van der Waals surface area contributed by atoms with Crippen molar-refractivity contribution in [3.05, 3.63) is 71.4 Å². The summed E-state index contributed by atoms with van der Waals surface area (Å²) in [5.74, 6) is -0.347. The Labute approximate surface area is 196 Å². The molecule has 4 rings (SSSR count). The smallest absolute Gasteiger partial charge is 0.310 e. The fourth-order valence-electron chi connectivity index (χ4n) is 4.98. The summed E-state index contributed by atoms with van der Waals surface area (Å²) in [6.07, 6.45) is 4.21.